The number of alkyl halides is 3. The molecule has 6 nitrogen and oxygen atoms in total. The van der Waals surface area contributed by atoms with Gasteiger partial charge in [0.05, 0.1) is 40.0 Å². The zero-order valence-corrected chi connectivity index (χ0v) is 14.2. The molecule has 11 heteroatoms. The van der Waals surface area contributed by atoms with Crippen LogP contribution in [0.4, 0.5) is 17.6 Å². The fourth-order valence-corrected chi connectivity index (χ4v) is 3.26. The fraction of sp³-hybridized carbons (Fsp3) is 0.250. The molecule has 0 saturated heterocycles. The molecule has 0 aromatic heterocycles. The van der Waals surface area contributed by atoms with E-state index in [2.05, 4.69) is 5.32 Å². The van der Waals surface area contributed by atoms with E-state index in [4.69, 9.17) is 11.6 Å². The molecule has 0 aliphatic carbocycles. The van der Waals surface area contributed by atoms with Crippen LogP contribution >= 0.6 is 11.6 Å². The summed E-state index contributed by atoms with van der Waals surface area (Å²) in [5.41, 5.74) is -5.35. The average molecular weight is 410 g/mol. The van der Waals surface area contributed by atoms with E-state index in [1.165, 1.54) is 0 Å². The Kier molecular flexibility index (Phi) is 5.52. The summed E-state index contributed by atoms with van der Waals surface area (Å²) < 4.78 is 55.1. The van der Waals surface area contributed by atoms with Crippen molar-refractivity contribution in [3.8, 4) is 0 Å². The number of rotatable bonds is 4. The van der Waals surface area contributed by atoms with Gasteiger partial charge in [0.2, 0.25) is 0 Å². The quantitative estimate of drug-likeness (QED) is 0.570. The zero-order chi connectivity index (χ0) is 20.7. The molecule has 1 aliphatic rings. The molecule has 0 fully saturated rings. The highest BCUT2D eigenvalue weighted by atomic mass is 35.5. The second-order valence-electron chi connectivity index (χ2n) is 5.57. The first-order chi connectivity index (χ1) is 12.4. The Labute approximate surface area is 154 Å². The highest BCUT2D eigenvalue weighted by Gasteiger charge is 2.45. The van der Waals surface area contributed by atoms with Gasteiger partial charge in [-0.1, -0.05) is 11.6 Å². The van der Waals surface area contributed by atoms with Gasteiger partial charge in [0, 0.05) is 11.3 Å². The number of hydrogen-bond donors (Lipinski definition) is 4. The number of benzene rings is 1. The van der Waals surface area contributed by atoms with Crippen molar-refractivity contribution in [2.24, 2.45) is 0 Å². The number of dihydropyridines is 1. The van der Waals surface area contributed by atoms with Crippen molar-refractivity contribution >= 4 is 23.5 Å². The van der Waals surface area contributed by atoms with Crippen LogP contribution in [0.5, 0.6) is 0 Å². The van der Waals surface area contributed by atoms with Crippen LogP contribution in [0.25, 0.3) is 0 Å². The standard InChI is InChI=1S/C16H12ClF4NO5/c1-5-9(14(24)25)12(11(15(26)27)8(4-23)22-5)10-7(18)3-2-6(17)13(10)16(19,20)21/h2-3,12,22-23H,4H2,1H3,(H,24,25)(H,26,27). The van der Waals surface area contributed by atoms with Gasteiger partial charge in [-0.3, -0.25) is 0 Å². The van der Waals surface area contributed by atoms with Crippen molar-refractivity contribution in [3.05, 3.63) is 56.6 Å². The summed E-state index contributed by atoms with van der Waals surface area (Å²) in [6, 6.07) is 1.22. The average Bonchev–Trinajstić information content (AvgIpc) is 2.53. The molecule has 2 rings (SSSR count). The van der Waals surface area contributed by atoms with E-state index >= 15 is 0 Å². The maximum atomic E-state index is 14.5. The van der Waals surface area contributed by atoms with E-state index in [0.717, 1.165) is 6.92 Å². The molecule has 0 radical (unpaired) electrons. The fourth-order valence-electron chi connectivity index (χ4n) is 2.98. The summed E-state index contributed by atoms with van der Waals surface area (Å²) in [4.78, 5) is 23.3. The minimum atomic E-state index is -5.19. The topological polar surface area (TPSA) is 107 Å². The minimum absolute atomic E-state index is 0.242. The lowest BCUT2D eigenvalue weighted by molar-refractivity contribution is -0.139. The normalized spacial score (nSPS) is 17.8. The largest absolute Gasteiger partial charge is 0.478 e. The number of allylic oxidation sites excluding steroid dienone is 1. The van der Waals surface area contributed by atoms with Crippen LogP contribution in [0, 0.1) is 5.82 Å². The molecule has 0 saturated carbocycles. The molecule has 1 atom stereocenters. The molecule has 1 aliphatic heterocycles. The summed E-state index contributed by atoms with van der Waals surface area (Å²) in [5, 5.41) is 29.7. The van der Waals surface area contributed by atoms with Gasteiger partial charge in [-0.2, -0.15) is 13.2 Å². The number of halogens is 5. The Hall–Kier alpha value is -2.59. The molecular weight excluding hydrogens is 398 g/mol. The Balaban J connectivity index is 3.00. The van der Waals surface area contributed by atoms with Gasteiger partial charge in [0.1, 0.15) is 5.82 Å². The second kappa shape index (κ2) is 7.20. The summed E-state index contributed by atoms with van der Waals surface area (Å²) in [6.45, 7) is 0.201. The van der Waals surface area contributed by atoms with E-state index < -0.39 is 69.4 Å². The number of hydrogen-bond acceptors (Lipinski definition) is 4. The molecular formula is C16H12ClF4NO5. The maximum absolute atomic E-state index is 14.5. The molecule has 146 valence electrons. The molecule has 27 heavy (non-hydrogen) atoms. The molecule has 4 N–H and O–H groups in total. The lowest BCUT2D eigenvalue weighted by atomic mass is 9.78. The molecule has 1 aromatic rings. The maximum Gasteiger partial charge on any atom is 0.418 e. The number of carboxylic acid groups (broad SMARTS) is 2. The van der Waals surface area contributed by atoms with E-state index in [9.17, 15) is 42.5 Å². The van der Waals surface area contributed by atoms with Crippen molar-refractivity contribution in [3.63, 3.8) is 0 Å². The zero-order valence-electron chi connectivity index (χ0n) is 13.5. The molecule has 0 spiro atoms. The molecule has 1 aromatic carbocycles. The lowest BCUT2D eigenvalue weighted by Crippen LogP contribution is -2.34. The van der Waals surface area contributed by atoms with E-state index in [1.807, 2.05) is 0 Å². The van der Waals surface area contributed by atoms with E-state index in [1.54, 1.807) is 0 Å². The van der Waals surface area contributed by atoms with Crippen LogP contribution in [0.15, 0.2) is 34.7 Å². The van der Waals surface area contributed by atoms with Crippen LogP contribution in [0.3, 0.4) is 0 Å². The number of carbonyl (C=O) groups is 2. The summed E-state index contributed by atoms with van der Waals surface area (Å²) in [7, 11) is 0. The van der Waals surface area contributed by atoms with Crippen molar-refractivity contribution < 1.29 is 42.5 Å². The first kappa shape index (κ1) is 20.7. The van der Waals surface area contributed by atoms with E-state index in [-0.39, 0.29) is 5.70 Å². The number of carboxylic acids is 2. The first-order valence-electron chi connectivity index (χ1n) is 7.25. The van der Waals surface area contributed by atoms with Crippen LogP contribution in [0.2, 0.25) is 5.02 Å². The number of aliphatic hydroxyl groups is 1. The third-order valence-electron chi connectivity index (χ3n) is 3.98. The van der Waals surface area contributed by atoms with Crippen LogP contribution < -0.4 is 5.32 Å². The van der Waals surface area contributed by atoms with Gasteiger partial charge in [-0.25, -0.2) is 14.0 Å². The second-order valence-corrected chi connectivity index (χ2v) is 5.98. The highest BCUT2D eigenvalue weighted by molar-refractivity contribution is 6.31. The van der Waals surface area contributed by atoms with Gasteiger partial charge in [-0.15, -0.1) is 0 Å². The molecule has 1 heterocycles. The Bertz CT molecular complexity index is 892. The first-order valence-corrected chi connectivity index (χ1v) is 7.62. The third-order valence-corrected chi connectivity index (χ3v) is 4.29. The van der Waals surface area contributed by atoms with Crippen LogP contribution in [0.1, 0.15) is 24.0 Å². The Morgan fingerprint density at radius 1 is 1.19 bits per heavy atom. The van der Waals surface area contributed by atoms with Gasteiger partial charge >= 0.3 is 18.1 Å². The minimum Gasteiger partial charge on any atom is -0.478 e. The summed E-state index contributed by atoms with van der Waals surface area (Å²) >= 11 is 5.59. The van der Waals surface area contributed by atoms with Crippen molar-refractivity contribution in [1.29, 1.82) is 0 Å². The molecule has 0 amide bonds. The number of nitrogens with one attached hydrogen (secondary N) is 1. The van der Waals surface area contributed by atoms with Crippen molar-refractivity contribution in [1.82, 2.24) is 5.32 Å². The van der Waals surface area contributed by atoms with Crippen molar-refractivity contribution in [2.45, 2.75) is 19.0 Å². The Morgan fingerprint density at radius 3 is 2.19 bits per heavy atom. The predicted octanol–water partition coefficient (Wildman–Crippen LogP) is 2.87. The van der Waals surface area contributed by atoms with E-state index in [0.29, 0.717) is 12.1 Å². The van der Waals surface area contributed by atoms with Gasteiger partial charge in [0.15, 0.2) is 0 Å². The third kappa shape index (κ3) is 3.62. The SMILES string of the molecule is CC1=C(C(=O)O)C(c2c(F)ccc(Cl)c2C(F)(F)F)C(C(=O)O)=C(CO)N1. The highest BCUT2D eigenvalue weighted by Crippen LogP contribution is 2.47. The van der Waals surface area contributed by atoms with Gasteiger partial charge in [-0.05, 0) is 19.1 Å². The number of aliphatic hydroxyl groups excluding tert-OH is 1. The molecule has 1 unspecified atom stereocenters. The Morgan fingerprint density at radius 2 is 1.74 bits per heavy atom. The molecule has 0 bridgehead atoms. The lowest BCUT2D eigenvalue weighted by Gasteiger charge is -2.31. The number of aliphatic carboxylic acids is 2. The van der Waals surface area contributed by atoms with Gasteiger partial charge < -0.3 is 20.6 Å². The predicted molar refractivity (Wildman–Crippen MR) is 84.4 cm³/mol. The monoisotopic (exact) mass is 409 g/mol. The van der Waals surface area contributed by atoms with Gasteiger partial charge in [0.25, 0.3) is 0 Å². The van der Waals surface area contributed by atoms with Crippen LogP contribution in [-0.4, -0.2) is 33.9 Å². The summed E-state index contributed by atoms with van der Waals surface area (Å²) in [5.74, 6) is -7.22. The smallest absolute Gasteiger partial charge is 0.418 e. The van der Waals surface area contributed by atoms with Crippen molar-refractivity contribution in [2.75, 3.05) is 6.61 Å². The summed E-state index contributed by atoms with van der Waals surface area (Å²) in [6.07, 6.45) is -5.19. The van der Waals surface area contributed by atoms with Crippen LogP contribution in [-0.2, 0) is 15.8 Å².